The van der Waals surface area contributed by atoms with E-state index in [1.54, 1.807) is 30.5 Å². The summed E-state index contributed by atoms with van der Waals surface area (Å²) >= 11 is 15.3. The van der Waals surface area contributed by atoms with Gasteiger partial charge in [-0.05, 0) is 54.1 Å². The van der Waals surface area contributed by atoms with Crippen molar-refractivity contribution in [1.82, 2.24) is 4.57 Å². The van der Waals surface area contributed by atoms with Crippen molar-refractivity contribution in [2.75, 3.05) is 0 Å². The molecule has 1 atom stereocenters. The van der Waals surface area contributed by atoms with Crippen molar-refractivity contribution in [3.05, 3.63) is 104 Å². The van der Waals surface area contributed by atoms with Crippen LogP contribution in [0.25, 0.3) is 10.9 Å². The molecule has 0 bridgehead atoms. The quantitative estimate of drug-likeness (QED) is 0.246. The summed E-state index contributed by atoms with van der Waals surface area (Å²) in [5.41, 5.74) is -1.36. The van der Waals surface area contributed by atoms with Crippen LogP contribution in [0.2, 0.25) is 10.0 Å². The zero-order valence-electron chi connectivity index (χ0n) is 17.6. The fourth-order valence-electron chi connectivity index (χ4n) is 4.07. The molecule has 1 aromatic heterocycles. The largest absolute Gasteiger partial charge is 0.435 e. The van der Waals surface area contributed by atoms with Crippen LogP contribution in [0, 0.1) is 0 Å². The smallest absolute Gasteiger partial charge is 0.374 e. The van der Waals surface area contributed by atoms with E-state index >= 15 is 0 Å². The Morgan fingerprint density at radius 2 is 1.69 bits per heavy atom. The first-order valence-electron chi connectivity index (χ1n) is 10.3. The number of carbonyl (C=O) groups is 1. The van der Waals surface area contributed by atoms with Crippen LogP contribution in [0.5, 0.6) is 0 Å². The van der Waals surface area contributed by atoms with Crippen molar-refractivity contribution < 1.29 is 22.8 Å². The number of nitrogens with zero attached hydrogens (tertiary/aromatic N) is 2. The van der Waals surface area contributed by atoms with Gasteiger partial charge in [-0.3, -0.25) is 9.36 Å². The standard InChI is InChI=1S/C25H14BrCl2F3N2O2/c26-18-6-5-15-7-8-33(22(15)11-18)23(34)16-3-1-14(2-4-16)21-13-24(35-32-21,25(29,30)31)17-9-19(27)12-20(28)10-17/h1-12H,13H2. The first kappa shape index (κ1) is 23.9. The summed E-state index contributed by atoms with van der Waals surface area (Å²) in [5, 5.41) is 4.77. The molecule has 35 heavy (non-hydrogen) atoms. The molecule has 178 valence electrons. The van der Waals surface area contributed by atoms with Crippen molar-refractivity contribution in [3.63, 3.8) is 0 Å². The van der Waals surface area contributed by atoms with Gasteiger partial charge in [0.15, 0.2) is 0 Å². The number of hydrogen-bond donors (Lipinski definition) is 0. The molecule has 1 unspecified atom stereocenters. The third-order valence-electron chi connectivity index (χ3n) is 5.85. The maximum atomic E-state index is 14.2. The minimum absolute atomic E-state index is 0.0561. The molecule has 4 nitrogen and oxygen atoms in total. The summed E-state index contributed by atoms with van der Waals surface area (Å²) in [6.45, 7) is 0. The number of benzene rings is 3. The Kier molecular flexibility index (Phi) is 5.94. The van der Waals surface area contributed by atoms with Crippen LogP contribution >= 0.6 is 39.1 Å². The van der Waals surface area contributed by atoms with E-state index in [0.717, 1.165) is 15.4 Å². The van der Waals surface area contributed by atoms with Gasteiger partial charge in [-0.2, -0.15) is 13.2 Å². The summed E-state index contributed by atoms with van der Waals surface area (Å²) < 4.78 is 45.0. The minimum Gasteiger partial charge on any atom is -0.374 e. The van der Waals surface area contributed by atoms with E-state index in [2.05, 4.69) is 21.1 Å². The third-order valence-corrected chi connectivity index (χ3v) is 6.78. The summed E-state index contributed by atoms with van der Waals surface area (Å²) in [6, 6.07) is 17.3. The van der Waals surface area contributed by atoms with Crippen LogP contribution in [-0.4, -0.2) is 22.4 Å². The van der Waals surface area contributed by atoms with Crippen molar-refractivity contribution >= 4 is 61.7 Å². The lowest BCUT2D eigenvalue weighted by Gasteiger charge is -2.29. The van der Waals surface area contributed by atoms with Crippen LogP contribution in [0.4, 0.5) is 13.2 Å². The molecule has 10 heteroatoms. The average Bonchev–Trinajstić information content (AvgIpc) is 3.43. The van der Waals surface area contributed by atoms with Gasteiger partial charge >= 0.3 is 6.18 Å². The lowest BCUT2D eigenvalue weighted by Crippen LogP contribution is -2.42. The highest BCUT2D eigenvalue weighted by atomic mass is 79.9. The molecule has 4 aromatic rings. The number of alkyl halides is 3. The van der Waals surface area contributed by atoms with Crippen molar-refractivity contribution in [2.45, 2.75) is 18.2 Å². The van der Waals surface area contributed by atoms with Crippen LogP contribution in [0.15, 0.2) is 82.6 Å². The molecule has 1 aliphatic heterocycles. The third kappa shape index (κ3) is 4.24. The molecule has 0 fully saturated rings. The van der Waals surface area contributed by atoms with Crippen LogP contribution in [-0.2, 0) is 10.4 Å². The Labute approximate surface area is 216 Å². The van der Waals surface area contributed by atoms with E-state index in [0.29, 0.717) is 11.1 Å². The molecule has 0 saturated carbocycles. The van der Waals surface area contributed by atoms with E-state index in [1.807, 2.05) is 24.3 Å². The second-order valence-corrected chi connectivity index (χ2v) is 9.85. The van der Waals surface area contributed by atoms with Crippen molar-refractivity contribution in [1.29, 1.82) is 0 Å². The number of hydrogen-bond acceptors (Lipinski definition) is 3. The molecule has 5 rings (SSSR count). The Morgan fingerprint density at radius 1 is 1.00 bits per heavy atom. The molecule has 3 aromatic carbocycles. The van der Waals surface area contributed by atoms with Gasteiger partial charge in [0.2, 0.25) is 0 Å². The van der Waals surface area contributed by atoms with Gasteiger partial charge in [0, 0.05) is 43.6 Å². The highest BCUT2D eigenvalue weighted by molar-refractivity contribution is 9.10. The number of carbonyl (C=O) groups excluding carboxylic acids is 1. The molecular formula is C25H14BrCl2F3N2O2. The molecule has 0 N–H and O–H groups in total. The Balaban J connectivity index is 1.43. The Bertz CT molecular complexity index is 1480. The number of fused-ring (bicyclic) bond motifs is 1. The Hall–Kier alpha value is -2.81. The first-order valence-corrected chi connectivity index (χ1v) is 11.8. The molecule has 1 aliphatic rings. The SMILES string of the molecule is O=C(c1ccc(C2=NOC(c3cc(Cl)cc(Cl)c3)(C(F)(F)F)C2)cc1)n1ccc2ccc(Br)cc21. The summed E-state index contributed by atoms with van der Waals surface area (Å²) in [4.78, 5) is 18.1. The molecule has 0 amide bonds. The minimum atomic E-state index is -4.79. The fraction of sp³-hybridized carbons (Fsp3) is 0.120. The maximum Gasteiger partial charge on any atom is 0.435 e. The van der Waals surface area contributed by atoms with E-state index in [9.17, 15) is 18.0 Å². The van der Waals surface area contributed by atoms with E-state index in [4.69, 9.17) is 28.0 Å². The summed E-state index contributed by atoms with van der Waals surface area (Å²) in [6.07, 6.45) is -3.68. The van der Waals surface area contributed by atoms with Gasteiger partial charge in [-0.1, -0.05) is 62.5 Å². The van der Waals surface area contributed by atoms with Gasteiger partial charge in [-0.25, -0.2) is 0 Å². The molecule has 0 radical (unpaired) electrons. The molecule has 0 spiro atoms. The lowest BCUT2D eigenvalue weighted by molar-refractivity contribution is -0.275. The van der Waals surface area contributed by atoms with E-state index < -0.39 is 18.2 Å². The van der Waals surface area contributed by atoms with Crippen LogP contribution in [0.3, 0.4) is 0 Å². The molecule has 0 saturated heterocycles. The van der Waals surface area contributed by atoms with Gasteiger partial charge < -0.3 is 4.84 Å². The summed E-state index contributed by atoms with van der Waals surface area (Å²) in [5.74, 6) is -0.271. The average molecular weight is 582 g/mol. The number of oxime groups is 1. The van der Waals surface area contributed by atoms with E-state index in [1.165, 1.54) is 22.8 Å². The second-order valence-electron chi connectivity index (χ2n) is 8.06. The van der Waals surface area contributed by atoms with Gasteiger partial charge in [0.1, 0.15) is 0 Å². The number of rotatable bonds is 3. The Morgan fingerprint density at radius 3 is 2.34 bits per heavy atom. The highest BCUT2D eigenvalue weighted by Crippen LogP contribution is 2.49. The molecular weight excluding hydrogens is 568 g/mol. The predicted octanol–water partition coefficient (Wildman–Crippen LogP) is 7.98. The zero-order chi connectivity index (χ0) is 25.0. The predicted molar refractivity (Wildman–Crippen MR) is 132 cm³/mol. The molecule has 0 aliphatic carbocycles. The maximum absolute atomic E-state index is 14.2. The van der Waals surface area contributed by atoms with Gasteiger partial charge in [0.25, 0.3) is 11.5 Å². The van der Waals surface area contributed by atoms with Gasteiger partial charge in [0.05, 0.1) is 11.2 Å². The fourth-order valence-corrected chi connectivity index (χ4v) is 4.94. The second kappa shape index (κ2) is 8.69. The summed E-state index contributed by atoms with van der Waals surface area (Å²) in [7, 11) is 0. The zero-order valence-corrected chi connectivity index (χ0v) is 20.7. The van der Waals surface area contributed by atoms with Crippen LogP contribution in [0.1, 0.15) is 27.9 Å². The monoisotopic (exact) mass is 580 g/mol. The number of halogens is 6. The normalized spacial score (nSPS) is 17.9. The first-order chi connectivity index (χ1) is 16.6. The van der Waals surface area contributed by atoms with Crippen molar-refractivity contribution in [2.24, 2.45) is 5.16 Å². The number of aromatic nitrogens is 1. The lowest BCUT2D eigenvalue weighted by atomic mass is 9.86. The van der Waals surface area contributed by atoms with Crippen molar-refractivity contribution in [3.8, 4) is 0 Å². The van der Waals surface area contributed by atoms with Gasteiger partial charge in [-0.15, -0.1) is 0 Å². The van der Waals surface area contributed by atoms with Crippen LogP contribution < -0.4 is 0 Å². The van der Waals surface area contributed by atoms with E-state index in [-0.39, 0.29) is 27.2 Å². The topological polar surface area (TPSA) is 43.6 Å². The highest BCUT2D eigenvalue weighted by Gasteiger charge is 2.62. The molecule has 2 heterocycles.